The zero-order chi connectivity index (χ0) is 19.1. The van der Waals surface area contributed by atoms with Crippen molar-refractivity contribution in [2.45, 2.75) is 6.10 Å². The SMILES string of the molecule is COc1cccc(OC)c1OCC(O)CN1CCN(c2ccccn2)CC1.Cl.Cl. The lowest BCUT2D eigenvalue weighted by atomic mass is 10.2. The number of β-amino-alcohol motifs (C(OH)–C–C–N with tert-alkyl or cyclic N) is 1. The second kappa shape index (κ2) is 12.6. The van der Waals surface area contributed by atoms with E-state index in [1.165, 1.54) is 0 Å². The van der Waals surface area contributed by atoms with Crippen LogP contribution in [0.3, 0.4) is 0 Å². The summed E-state index contributed by atoms with van der Waals surface area (Å²) in [5.41, 5.74) is 0. The molecule has 1 aliphatic heterocycles. The first-order chi connectivity index (χ1) is 13.2. The molecule has 0 saturated carbocycles. The first-order valence-electron chi connectivity index (χ1n) is 9.11. The van der Waals surface area contributed by atoms with Crippen LogP contribution < -0.4 is 19.1 Å². The summed E-state index contributed by atoms with van der Waals surface area (Å²) >= 11 is 0. The summed E-state index contributed by atoms with van der Waals surface area (Å²) in [5, 5.41) is 10.4. The number of halogens is 2. The standard InChI is InChI=1S/C20H27N3O4.2ClH/c1-25-17-6-5-7-18(26-2)20(17)27-15-16(24)14-22-10-12-23(13-11-22)19-8-3-4-9-21-19;;/h3-9,16,24H,10-15H2,1-2H3;2*1H. The van der Waals surface area contributed by atoms with Crippen molar-refractivity contribution in [2.24, 2.45) is 0 Å². The van der Waals surface area contributed by atoms with E-state index >= 15 is 0 Å². The van der Waals surface area contributed by atoms with Gasteiger partial charge < -0.3 is 24.2 Å². The van der Waals surface area contributed by atoms with Gasteiger partial charge in [0.15, 0.2) is 11.5 Å². The average Bonchev–Trinajstić information content (AvgIpc) is 2.73. The van der Waals surface area contributed by atoms with Crippen molar-refractivity contribution in [1.29, 1.82) is 0 Å². The first kappa shape index (κ1) is 25.1. The summed E-state index contributed by atoms with van der Waals surface area (Å²) in [5.74, 6) is 2.70. The van der Waals surface area contributed by atoms with Gasteiger partial charge in [0, 0.05) is 38.9 Å². The van der Waals surface area contributed by atoms with Gasteiger partial charge in [-0.05, 0) is 24.3 Å². The van der Waals surface area contributed by atoms with Gasteiger partial charge in [0.25, 0.3) is 0 Å². The van der Waals surface area contributed by atoms with Crippen LogP contribution in [-0.4, -0.2) is 74.6 Å². The van der Waals surface area contributed by atoms with E-state index in [9.17, 15) is 5.11 Å². The number of aliphatic hydroxyl groups is 1. The van der Waals surface area contributed by atoms with Crippen LogP contribution >= 0.6 is 24.8 Å². The third kappa shape index (κ3) is 6.82. The van der Waals surface area contributed by atoms with Crippen molar-refractivity contribution < 1.29 is 19.3 Å². The number of ether oxygens (including phenoxy) is 3. The Labute approximate surface area is 184 Å². The van der Waals surface area contributed by atoms with E-state index < -0.39 is 6.10 Å². The molecule has 29 heavy (non-hydrogen) atoms. The van der Waals surface area contributed by atoms with Crippen LogP contribution in [0.15, 0.2) is 42.6 Å². The van der Waals surface area contributed by atoms with Crippen LogP contribution in [0, 0.1) is 0 Å². The fraction of sp³-hybridized carbons (Fsp3) is 0.450. The molecule has 162 valence electrons. The van der Waals surface area contributed by atoms with Gasteiger partial charge in [-0.3, -0.25) is 4.90 Å². The van der Waals surface area contributed by atoms with Crippen LogP contribution in [0.4, 0.5) is 5.82 Å². The molecule has 1 N–H and O–H groups in total. The van der Waals surface area contributed by atoms with Gasteiger partial charge in [-0.15, -0.1) is 24.8 Å². The lowest BCUT2D eigenvalue weighted by Crippen LogP contribution is -2.49. The highest BCUT2D eigenvalue weighted by Gasteiger charge is 2.21. The predicted octanol–water partition coefficient (Wildman–Crippen LogP) is 2.50. The quantitative estimate of drug-likeness (QED) is 0.669. The van der Waals surface area contributed by atoms with Crippen LogP contribution in [0.5, 0.6) is 17.2 Å². The topological polar surface area (TPSA) is 67.3 Å². The number of para-hydroxylation sites is 1. The van der Waals surface area contributed by atoms with E-state index in [0.717, 1.165) is 32.0 Å². The third-order valence-electron chi connectivity index (χ3n) is 4.62. The molecule has 2 heterocycles. The highest BCUT2D eigenvalue weighted by molar-refractivity contribution is 5.85. The maximum absolute atomic E-state index is 10.4. The first-order valence-corrected chi connectivity index (χ1v) is 9.11. The third-order valence-corrected chi connectivity index (χ3v) is 4.62. The molecule has 0 spiro atoms. The van der Waals surface area contributed by atoms with E-state index in [4.69, 9.17) is 14.2 Å². The normalized spacial score (nSPS) is 14.9. The fourth-order valence-corrected chi connectivity index (χ4v) is 3.19. The van der Waals surface area contributed by atoms with Crippen LogP contribution in [0.25, 0.3) is 0 Å². The van der Waals surface area contributed by atoms with Crippen molar-refractivity contribution in [3.8, 4) is 17.2 Å². The fourth-order valence-electron chi connectivity index (χ4n) is 3.19. The Balaban J connectivity index is 0.00000210. The lowest BCUT2D eigenvalue weighted by molar-refractivity contribution is 0.0642. The zero-order valence-electron chi connectivity index (χ0n) is 16.7. The van der Waals surface area contributed by atoms with Gasteiger partial charge in [0.1, 0.15) is 18.5 Å². The number of hydrogen-bond donors (Lipinski definition) is 1. The molecule has 7 nitrogen and oxygen atoms in total. The number of nitrogens with zero attached hydrogens (tertiary/aromatic N) is 3. The molecule has 3 rings (SSSR count). The Kier molecular flexibility index (Phi) is 10.9. The maximum atomic E-state index is 10.4. The zero-order valence-corrected chi connectivity index (χ0v) is 18.3. The number of methoxy groups -OCH3 is 2. The molecule has 1 aliphatic rings. The summed E-state index contributed by atoms with van der Waals surface area (Å²) in [6.45, 7) is 4.29. The molecule has 1 unspecified atom stereocenters. The monoisotopic (exact) mass is 445 g/mol. The molecule has 0 bridgehead atoms. The summed E-state index contributed by atoms with van der Waals surface area (Å²) < 4.78 is 16.4. The molecule has 2 aromatic rings. The molecule has 1 aromatic carbocycles. The summed E-state index contributed by atoms with van der Waals surface area (Å²) in [6, 6.07) is 11.4. The number of pyridine rings is 1. The number of anilines is 1. The minimum absolute atomic E-state index is 0. The minimum Gasteiger partial charge on any atom is -0.493 e. The van der Waals surface area contributed by atoms with E-state index in [2.05, 4.69) is 14.8 Å². The number of piperazine rings is 1. The van der Waals surface area contributed by atoms with Crippen molar-refractivity contribution in [3.63, 3.8) is 0 Å². The molecule has 1 fully saturated rings. The summed E-state index contributed by atoms with van der Waals surface area (Å²) in [7, 11) is 3.16. The molecular weight excluding hydrogens is 417 g/mol. The lowest BCUT2D eigenvalue weighted by Gasteiger charge is -2.36. The number of benzene rings is 1. The summed E-state index contributed by atoms with van der Waals surface area (Å²) in [6.07, 6.45) is 1.22. The second-order valence-electron chi connectivity index (χ2n) is 6.43. The van der Waals surface area contributed by atoms with Crippen LogP contribution in [0.1, 0.15) is 0 Å². The van der Waals surface area contributed by atoms with Gasteiger partial charge in [0.05, 0.1) is 14.2 Å². The van der Waals surface area contributed by atoms with Gasteiger partial charge >= 0.3 is 0 Å². The Morgan fingerprint density at radius 3 is 2.17 bits per heavy atom. The van der Waals surface area contributed by atoms with Crippen molar-refractivity contribution in [2.75, 3.05) is 58.5 Å². The molecule has 1 aromatic heterocycles. The van der Waals surface area contributed by atoms with Crippen molar-refractivity contribution >= 4 is 30.6 Å². The maximum Gasteiger partial charge on any atom is 0.203 e. The molecule has 9 heteroatoms. The van der Waals surface area contributed by atoms with E-state index in [0.29, 0.717) is 23.8 Å². The predicted molar refractivity (Wildman–Crippen MR) is 118 cm³/mol. The van der Waals surface area contributed by atoms with E-state index in [1.807, 2.05) is 30.5 Å². The Bertz CT molecular complexity index is 694. The molecule has 1 saturated heterocycles. The van der Waals surface area contributed by atoms with Gasteiger partial charge in [-0.2, -0.15) is 0 Å². The Hall–Kier alpha value is -1.93. The smallest absolute Gasteiger partial charge is 0.203 e. The molecule has 0 aliphatic carbocycles. The largest absolute Gasteiger partial charge is 0.493 e. The molecule has 0 radical (unpaired) electrons. The highest BCUT2D eigenvalue weighted by Crippen LogP contribution is 2.36. The average molecular weight is 446 g/mol. The van der Waals surface area contributed by atoms with E-state index in [-0.39, 0.29) is 31.4 Å². The van der Waals surface area contributed by atoms with Crippen molar-refractivity contribution in [3.05, 3.63) is 42.6 Å². The van der Waals surface area contributed by atoms with Crippen LogP contribution in [0.2, 0.25) is 0 Å². The number of aromatic nitrogens is 1. The van der Waals surface area contributed by atoms with Crippen molar-refractivity contribution in [1.82, 2.24) is 9.88 Å². The van der Waals surface area contributed by atoms with Gasteiger partial charge in [-0.25, -0.2) is 4.98 Å². The minimum atomic E-state index is -0.596. The number of hydrogen-bond acceptors (Lipinski definition) is 7. The Morgan fingerprint density at radius 2 is 1.62 bits per heavy atom. The molecule has 1 atom stereocenters. The molecule has 0 amide bonds. The number of aliphatic hydroxyl groups excluding tert-OH is 1. The summed E-state index contributed by atoms with van der Waals surface area (Å²) in [4.78, 5) is 8.90. The second-order valence-corrected chi connectivity index (χ2v) is 6.43. The van der Waals surface area contributed by atoms with Crippen LogP contribution in [-0.2, 0) is 0 Å². The van der Waals surface area contributed by atoms with Gasteiger partial charge in [0.2, 0.25) is 5.75 Å². The highest BCUT2D eigenvalue weighted by atomic mass is 35.5. The number of rotatable bonds is 8. The van der Waals surface area contributed by atoms with Gasteiger partial charge in [-0.1, -0.05) is 12.1 Å². The van der Waals surface area contributed by atoms with E-state index in [1.54, 1.807) is 26.4 Å². The Morgan fingerprint density at radius 1 is 0.966 bits per heavy atom. The molecular formula is C20H29Cl2N3O4.